The number of nitrogens with zero attached hydrogens (tertiary/aromatic N) is 3. The Kier molecular flexibility index (Phi) is 7.32. The molecule has 2 aromatic heterocycles. The maximum absolute atomic E-state index is 12.6. The van der Waals surface area contributed by atoms with E-state index in [1.54, 1.807) is 18.5 Å². The van der Waals surface area contributed by atoms with E-state index in [2.05, 4.69) is 37.8 Å². The molecule has 0 aliphatic carbocycles. The average Bonchev–Trinajstić information content (AvgIpc) is 2.80. The fourth-order valence-electron chi connectivity index (χ4n) is 3.93. The highest BCUT2D eigenvalue weighted by Crippen LogP contribution is 2.29. The number of pyridine rings is 1. The van der Waals surface area contributed by atoms with Gasteiger partial charge < -0.3 is 20.7 Å². The van der Waals surface area contributed by atoms with E-state index < -0.39 is 0 Å². The van der Waals surface area contributed by atoms with Crippen molar-refractivity contribution in [3.63, 3.8) is 0 Å². The number of piperidine rings is 1. The minimum absolute atomic E-state index is 0.0295. The molecule has 0 aromatic carbocycles. The third-order valence-electron chi connectivity index (χ3n) is 5.96. The highest BCUT2D eigenvalue weighted by Gasteiger charge is 2.24. The van der Waals surface area contributed by atoms with Crippen LogP contribution in [-0.4, -0.2) is 53.2 Å². The van der Waals surface area contributed by atoms with Crippen LogP contribution in [0.1, 0.15) is 32.6 Å². The quantitative estimate of drug-likeness (QED) is 0.627. The van der Waals surface area contributed by atoms with Gasteiger partial charge in [-0.15, -0.1) is 0 Å². The number of rotatable bonds is 6. The molecule has 2 aliphatic rings. The molecule has 2 aromatic rings. The highest BCUT2D eigenvalue weighted by atomic mass is 35.5. The van der Waals surface area contributed by atoms with Crippen molar-refractivity contribution in [2.45, 2.75) is 38.6 Å². The van der Waals surface area contributed by atoms with E-state index in [1.807, 2.05) is 0 Å². The lowest BCUT2D eigenvalue weighted by Gasteiger charge is -2.26. The predicted molar refractivity (Wildman–Crippen MR) is 121 cm³/mol. The molecule has 4 rings (SSSR count). The van der Waals surface area contributed by atoms with E-state index in [1.165, 1.54) is 6.20 Å². The van der Waals surface area contributed by atoms with Crippen LogP contribution in [-0.2, 0) is 9.53 Å². The Hall–Kier alpha value is -2.29. The zero-order valence-electron chi connectivity index (χ0n) is 17.7. The number of ether oxygens (including phenoxy) is 1. The van der Waals surface area contributed by atoms with Crippen LogP contribution in [0.3, 0.4) is 0 Å². The third kappa shape index (κ3) is 5.90. The topological polar surface area (TPSA) is 101 Å². The first-order valence-corrected chi connectivity index (χ1v) is 11.3. The fourth-order valence-corrected chi connectivity index (χ4v) is 4.13. The summed E-state index contributed by atoms with van der Waals surface area (Å²) in [6.07, 6.45) is 8.87. The molecule has 8 nitrogen and oxygen atoms in total. The number of aromatic nitrogens is 3. The first kappa shape index (κ1) is 21.9. The Morgan fingerprint density at radius 3 is 2.81 bits per heavy atom. The van der Waals surface area contributed by atoms with Crippen molar-refractivity contribution in [3.05, 3.63) is 29.7 Å². The van der Waals surface area contributed by atoms with Gasteiger partial charge in [0.25, 0.3) is 0 Å². The van der Waals surface area contributed by atoms with Crippen LogP contribution in [0.5, 0.6) is 0 Å². The standard InChI is InChI=1S/C22H29ClN6O2/c1-14-2-3-16(10-25-14)22(30)29-20-8-17(18(23)11-27-20)19-12-24-13-21(28-19)26-9-15-4-6-31-7-5-15/h8,11-16,25H,2-7,9-10H2,1H3,(H,26,28)(H,27,29,30)/t14-,16-/m0/s1. The lowest BCUT2D eigenvalue weighted by molar-refractivity contribution is -0.120. The van der Waals surface area contributed by atoms with Crippen molar-refractivity contribution in [2.75, 3.05) is 36.9 Å². The molecule has 0 unspecified atom stereocenters. The Labute approximate surface area is 187 Å². The molecule has 4 heterocycles. The lowest BCUT2D eigenvalue weighted by atomic mass is 9.95. The smallest absolute Gasteiger partial charge is 0.229 e. The average molecular weight is 445 g/mol. The summed E-state index contributed by atoms with van der Waals surface area (Å²) in [5.41, 5.74) is 1.32. The van der Waals surface area contributed by atoms with Crippen molar-refractivity contribution in [1.82, 2.24) is 20.3 Å². The largest absolute Gasteiger partial charge is 0.381 e. The maximum atomic E-state index is 12.6. The van der Waals surface area contributed by atoms with Gasteiger partial charge >= 0.3 is 0 Å². The van der Waals surface area contributed by atoms with Crippen molar-refractivity contribution in [3.8, 4) is 11.3 Å². The van der Waals surface area contributed by atoms with Gasteiger partial charge in [-0.05, 0) is 44.6 Å². The fraction of sp³-hybridized carbons (Fsp3) is 0.545. The summed E-state index contributed by atoms with van der Waals surface area (Å²) in [6, 6.07) is 2.21. The van der Waals surface area contributed by atoms with Gasteiger partial charge in [-0.2, -0.15) is 0 Å². The van der Waals surface area contributed by atoms with Crippen molar-refractivity contribution < 1.29 is 9.53 Å². The van der Waals surface area contributed by atoms with E-state index in [0.29, 0.717) is 46.4 Å². The van der Waals surface area contributed by atoms with Crippen LogP contribution < -0.4 is 16.0 Å². The number of halogens is 1. The van der Waals surface area contributed by atoms with Gasteiger partial charge in [0.1, 0.15) is 11.6 Å². The van der Waals surface area contributed by atoms with Gasteiger partial charge in [0.15, 0.2) is 0 Å². The van der Waals surface area contributed by atoms with E-state index in [-0.39, 0.29) is 11.8 Å². The van der Waals surface area contributed by atoms with E-state index in [4.69, 9.17) is 16.3 Å². The highest BCUT2D eigenvalue weighted by molar-refractivity contribution is 6.33. The molecule has 2 saturated heterocycles. The Bertz CT molecular complexity index is 897. The third-order valence-corrected chi connectivity index (χ3v) is 6.26. The van der Waals surface area contributed by atoms with E-state index in [9.17, 15) is 4.79 Å². The molecule has 31 heavy (non-hydrogen) atoms. The van der Waals surface area contributed by atoms with Crippen molar-refractivity contribution in [1.29, 1.82) is 0 Å². The Morgan fingerprint density at radius 2 is 2.03 bits per heavy atom. The van der Waals surface area contributed by atoms with Gasteiger partial charge in [-0.25, -0.2) is 9.97 Å². The summed E-state index contributed by atoms with van der Waals surface area (Å²) in [5, 5.41) is 10.1. The molecule has 1 amide bonds. The normalized spacial score (nSPS) is 22.1. The molecular formula is C22H29ClN6O2. The number of amides is 1. The summed E-state index contributed by atoms with van der Waals surface area (Å²) in [7, 11) is 0. The zero-order valence-corrected chi connectivity index (χ0v) is 18.5. The number of carbonyl (C=O) groups is 1. The van der Waals surface area contributed by atoms with E-state index in [0.717, 1.165) is 45.4 Å². The summed E-state index contributed by atoms with van der Waals surface area (Å²) in [4.78, 5) is 25.9. The molecule has 3 N–H and O–H groups in total. The van der Waals surface area contributed by atoms with Gasteiger partial charge in [-0.1, -0.05) is 11.6 Å². The molecule has 2 fully saturated rings. The van der Waals surface area contributed by atoms with Crippen LogP contribution >= 0.6 is 11.6 Å². The van der Waals surface area contributed by atoms with Crippen LogP contribution in [0.15, 0.2) is 24.7 Å². The van der Waals surface area contributed by atoms with E-state index >= 15 is 0 Å². The van der Waals surface area contributed by atoms with Crippen LogP contribution in [0.4, 0.5) is 11.6 Å². The van der Waals surface area contributed by atoms with Crippen LogP contribution in [0.2, 0.25) is 5.02 Å². The summed E-state index contributed by atoms with van der Waals surface area (Å²) in [5.74, 6) is 1.64. The van der Waals surface area contributed by atoms with Crippen LogP contribution in [0.25, 0.3) is 11.3 Å². The molecule has 0 saturated carbocycles. The summed E-state index contributed by atoms with van der Waals surface area (Å²) >= 11 is 6.40. The summed E-state index contributed by atoms with van der Waals surface area (Å²) < 4.78 is 5.41. The number of nitrogens with one attached hydrogen (secondary N) is 3. The minimum Gasteiger partial charge on any atom is -0.381 e. The van der Waals surface area contributed by atoms with Gasteiger partial charge in [0.2, 0.25) is 5.91 Å². The van der Waals surface area contributed by atoms with Crippen LogP contribution in [0, 0.1) is 11.8 Å². The predicted octanol–water partition coefficient (Wildman–Crippen LogP) is 3.36. The summed E-state index contributed by atoms with van der Waals surface area (Å²) in [6.45, 7) is 5.28. The number of hydrogen-bond donors (Lipinski definition) is 3. The SMILES string of the molecule is C[C@H]1CC[C@H](C(=O)Nc2cc(-c3cncc(NCC4CCOCC4)n3)c(Cl)cn2)CN1. The molecular weight excluding hydrogens is 416 g/mol. The van der Waals surface area contributed by atoms with Gasteiger partial charge in [0, 0.05) is 44.1 Å². The van der Waals surface area contributed by atoms with Crippen molar-refractivity contribution >= 4 is 29.1 Å². The monoisotopic (exact) mass is 444 g/mol. The maximum Gasteiger partial charge on any atom is 0.229 e. The second-order valence-corrected chi connectivity index (χ2v) is 8.76. The molecule has 9 heteroatoms. The lowest BCUT2D eigenvalue weighted by Crippen LogP contribution is -2.41. The molecule has 0 radical (unpaired) electrons. The second kappa shape index (κ2) is 10.3. The molecule has 2 atom stereocenters. The first-order valence-electron chi connectivity index (χ1n) is 10.9. The second-order valence-electron chi connectivity index (χ2n) is 8.35. The first-order chi connectivity index (χ1) is 15.1. The van der Waals surface area contributed by atoms with Crippen molar-refractivity contribution in [2.24, 2.45) is 11.8 Å². The molecule has 2 aliphatic heterocycles. The zero-order chi connectivity index (χ0) is 21.6. The number of carbonyl (C=O) groups excluding carboxylic acids is 1. The number of hydrogen-bond acceptors (Lipinski definition) is 7. The Morgan fingerprint density at radius 1 is 1.19 bits per heavy atom. The minimum atomic E-state index is -0.0605. The molecule has 166 valence electrons. The molecule has 0 bridgehead atoms. The van der Waals surface area contributed by atoms with Gasteiger partial charge in [0.05, 0.1) is 29.0 Å². The Balaban J connectivity index is 1.43. The number of anilines is 2. The molecule has 0 spiro atoms. The van der Waals surface area contributed by atoms with Gasteiger partial charge in [-0.3, -0.25) is 9.78 Å².